The highest BCUT2D eigenvalue weighted by molar-refractivity contribution is 7.98. The third-order valence-electron chi connectivity index (χ3n) is 4.97. The van der Waals surface area contributed by atoms with Crippen LogP contribution in [0.3, 0.4) is 0 Å². The lowest BCUT2D eigenvalue weighted by Crippen LogP contribution is -2.36. The molecule has 0 bridgehead atoms. The van der Waals surface area contributed by atoms with Crippen LogP contribution in [0.1, 0.15) is 25.7 Å². The average molecular weight is 417 g/mol. The fourth-order valence-corrected chi connectivity index (χ4v) is 4.17. The van der Waals surface area contributed by atoms with Gasteiger partial charge in [-0.05, 0) is 56.0 Å². The van der Waals surface area contributed by atoms with Crippen LogP contribution in [0.2, 0.25) is 0 Å². The first-order valence-corrected chi connectivity index (χ1v) is 10.6. The predicted octanol–water partition coefficient (Wildman–Crippen LogP) is 4.64. The quantitative estimate of drug-likeness (QED) is 0.595. The van der Waals surface area contributed by atoms with Gasteiger partial charge in [-0.2, -0.15) is 5.10 Å². The number of fused-ring (bicyclic) bond motifs is 1. The molecule has 0 saturated carbocycles. The third-order valence-corrected chi connectivity index (χ3v) is 5.66. The highest BCUT2D eigenvalue weighted by Gasteiger charge is 2.17. The van der Waals surface area contributed by atoms with Crippen molar-refractivity contribution in [3.8, 4) is 5.69 Å². The molecule has 4 rings (SSSR count). The first-order valence-electron chi connectivity index (χ1n) is 9.40. The fourth-order valence-electron chi connectivity index (χ4n) is 3.61. The molecule has 0 radical (unpaired) electrons. The van der Waals surface area contributed by atoms with Crippen LogP contribution in [0.25, 0.3) is 16.6 Å². The monoisotopic (exact) mass is 416 g/mol. The highest BCUT2D eigenvalue weighted by Crippen LogP contribution is 2.30. The Morgan fingerprint density at radius 1 is 1.25 bits per heavy atom. The summed E-state index contributed by atoms with van der Waals surface area (Å²) >= 11 is 1.63. The van der Waals surface area contributed by atoms with E-state index in [0.717, 1.165) is 40.3 Å². The number of rotatable bonds is 5. The van der Waals surface area contributed by atoms with Gasteiger partial charge in [-0.1, -0.05) is 24.6 Å². The van der Waals surface area contributed by atoms with Crippen LogP contribution in [0.4, 0.5) is 5.69 Å². The van der Waals surface area contributed by atoms with Crippen molar-refractivity contribution >= 4 is 46.7 Å². The van der Waals surface area contributed by atoms with E-state index in [2.05, 4.69) is 10.6 Å². The second-order valence-corrected chi connectivity index (χ2v) is 7.68. The number of halogens is 1. The van der Waals surface area contributed by atoms with Crippen molar-refractivity contribution in [1.29, 1.82) is 0 Å². The maximum Gasteiger partial charge on any atom is 0.225 e. The maximum absolute atomic E-state index is 12.5. The maximum atomic E-state index is 12.5. The van der Waals surface area contributed by atoms with E-state index in [0.29, 0.717) is 12.5 Å². The zero-order valence-corrected chi connectivity index (χ0v) is 17.5. The summed E-state index contributed by atoms with van der Waals surface area (Å²) in [7, 11) is 0. The van der Waals surface area contributed by atoms with Crippen molar-refractivity contribution in [3.05, 3.63) is 48.5 Å². The summed E-state index contributed by atoms with van der Waals surface area (Å²) < 4.78 is 1.94. The van der Waals surface area contributed by atoms with Gasteiger partial charge in [-0.3, -0.25) is 4.79 Å². The van der Waals surface area contributed by atoms with Crippen LogP contribution in [0, 0.1) is 0 Å². The minimum absolute atomic E-state index is 0. The Morgan fingerprint density at radius 2 is 2.07 bits per heavy atom. The minimum atomic E-state index is 0. The number of nitrogens with one attached hydrogen (secondary N) is 2. The summed E-state index contributed by atoms with van der Waals surface area (Å²) in [6, 6.07) is 16.4. The van der Waals surface area contributed by atoms with Crippen LogP contribution in [0.15, 0.2) is 53.6 Å². The molecule has 0 aliphatic carbocycles. The number of benzene rings is 2. The van der Waals surface area contributed by atoms with Gasteiger partial charge < -0.3 is 10.6 Å². The van der Waals surface area contributed by atoms with E-state index in [-0.39, 0.29) is 18.3 Å². The normalized spacial score (nSPS) is 16.5. The molecule has 2 N–H and O–H groups in total. The molecule has 7 heteroatoms. The van der Waals surface area contributed by atoms with Gasteiger partial charge >= 0.3 is 0 Å². The standard InChI is InChI=1S/C21H24N4OS.ClH/c1-27-21-18-11-10-16(23-20(26)14-15-7-5-6-12-22-15)13-19(18)25(24-21)17-8-3-2-4-9-17;/h2-4,8-11,13,15,22H,5-7,12,14H2,1H3,(H,23,26);1H. The van der Waals surface area contributed by atoms with E-state index < -0.39 is 0 Å². The summed E-state index contributed by atoms with van der Waals surface area (Å²) in [4.78, 5) is 12.5. The Bertz CT molecular complexity index is 938. The van der Waals surface area contributed by atoms with E-state index in [9.17, 15) is 4.79 Å². The van der Waals surface area contributed by atoms with Crippen molar-refractivity contribution in [2.75, 3.05) is 18.1 Å². The Labute approximate surface area is 175 Å². The molecule has 1 aliphatic heterocycles. The van der Waals surface area contributed by atoms with Gasteiger partial charge in [0.2, 0.25) is 5.91 Å². The van der Waals surface area contributed by atoms with Gasteiger partial charge in [-0.15, -0.1) is 24.2 Å². The molecule has 1 aliphatic rings. The summed E-state index contributed by atoms with van der Waals surface area (Å²) in [5.74, 6) is 0.0598. The molecule has 1 aromatic heterocycles. The van der Waals surface area contributed by atoms with Crippen LogP contribution in [-0.4, -0.2) is 34.5 Å². The SMILES string of the molecule is CSc1nn(-c2ccccc2)c2cc(NC(=O)CC3CCCCN3)ccc12.Cl. The molecule has 0 spiro atoms. The Balaban J connectivity index is 0.00000225. The summed E-state index contributed by atoms with van der Waals surface area (Å²) in [6.07, 6.45) is 6.03. The van der Waals surface area contributed by atoms with Crippen molar-refractivity contribution in [1.82, 2.24) is 15.1 Å². The van der Waals surface area contributed by atoms with Gasteiger partial charge in [0.1, 0.15) is 5.03 Å². The minimum Gasteiger partial charge on any atom is -0.326 e. The van der Waals surface area contributed by atoms with Crippen molar-refractivity contribution in [2.45, 2.75) is 36.8 Å². The van der Waals surface area contributed by atoms with Crippen molar-refractivity contribution < 1.29 is 4.79 Å². The van der Waals surface area contributed by atoms with Crippen LogP contribution in [0.5, 0.6) is 0 Å². The number of hydrogen-bond donors (Lipinski definition) is 2. The van der Waals surface area contributed by atoms with E-state index >= 15 is 0 Å². The van der Waals surface area contributed by atoms with Gasteiger partial charge in [0, 0.05) is 23.5 Å². The molecule has 1 unspecified atom stereocenters. The Kier molecular flexibility index (Phi) is 6.99. The summed E-state index contributed by atoms with van der Waals surface area (Å²) in [6.45, 7) is 1.01. The Hall–Kier alpha value is -2.02. The highest BCUT2D eigenvalue weighted by atomic mass is 35.5. The molecule has 28 heavy (non-hydrogen) atoms. The van der Waals surface area contributed by atoms with Crippen molar-refractivity contribution in [2.24, 2.45) is 0 Å². The van der Waals surface area contributed by atoms with Gasteiger partial charge in [0.05, 0.1) is 11.2 Å². The molecule has 1 atom stereocenters. The first-order chi connectivity index (χ1) is 13.2. The van der Waals surface area contributed by atoms with Gasteiger partial charge in [0.15, 0.2) is 0 Å². The molecule has 1 amide bonds. The van der Waals surface area contributed by atoms with E-state index in [1.54, 1.807) is 11.8 Å². The lowest BCUT2D eigenvalue weighted by atomic mass is 10.0. The number of anilines is 1. The number of nitrogens with zero attached hydrogens (tertiary/aromatic N) is 2. The van der Waals surface area contributed by atoms with Crippen LogP contribution in [-0.2, 0) is 4.79 Å². The zero-order chi connectivity index (χ0) is 18.6. The number of amides is 1. The Morgan fingerprint density at radius 3 is 2.79 bits per heavy atom. The second kappa shape index (κ2) is 9.45. The lowest BCUT2D eigenvalue weighted by Gasteiger charge is -2.22. The first kappa shape index (κ1) is 20.7. The molecular formula is C21H25ClN4OS. The number of carbonyl (C=O) groups excluding carboxylic acids is 1. The van der Waals surface area contributed by atoms with E-state index in [1.807, 2.05) is 59.5 Å². The largest absolute Gasteiger partial charge is 0.326 e. The summed E-state index contributed by atoms with van der Waals surface area (Å²) in [5.41, 5.74) is 2.82. The number of hydrogen-bond acceptors (Lipinski definition) is 4. The molecule has 148 valence electrons. The van der Waals surface area contributed by atoms with Crippen molar-refractivity contribution in [3.63, 3.8) is 0 Å². The molecule has 2 aromatic carbocycles. The number of aromatic nitrogens is 2. The second-order valence-electron chi connectivity index (χ2n) is 6.89. The molecular weight excluding hydrogens is 392 g/mol. The van der Waals surface area contributed by atoms with Gasteiger partial charge in [-0.25, -0.2) is 4.68 Å². The fraction of sp³-hybridized carbons (Fsp3) is 0.333. The van der Waals surface area contributed by atoms with E-state index in [4.69, 9.17) is 5.10 Å². The number of thioether (sulfide) groups is 1. The van der Waals surface area contributed by atoms with Gasteiger partial charge in [0.25, 0.3) is 0 Å². The zero-order valence-electron chi connectivity index (χ0n) is 15.9. The van der Waals surface area contributed by atoms with E-state index in [1.165, 1.54) is 12.8 Å². The average Bonchev–Trinajstić information content (AvgIpc) is 3.07. The molecule has 1 fully saturated rings. The molecule has 3 aromatic rings. The predicted molar refractivity (Wildman–Crippen MR) is 119 cm³/mol. The topological polar surface area (TPSA) is 59.0 Å². The summed E-state index contributed by atoms with van der Waals surface area (Å²) in [5, 5.41) is 13.3. The smallest absolute Gasteiger partial charge is 0.225 e. The molecule has 1 saturated heterocycles. The van der Waals surface area contributed by atoms with Crippen LogP contribution >= 0.6 is 24.2 Å². The number of carbonyl (C=O) groups is 1. The van der Waals surface area contributed by atoms with Crippen LogP contribution < -0.4 is 10.6 Å². The number of piperidine rings is 1. The molecule has 5 nitrogen and oxygen atoms in total. The number of para-hydroxylation sites is 1. The third kappa shape index (κ3) is 4.51. The lowest BCUT2D eigenvalue weighted by molar-refractivity contribution is -0.116. The molecule has 2 heterocycles.